The van der Waals surface area contributed by atoms with E-state index in [1.54, 1.807) is 5.57 Å². The van der Waals surface area contributed by atoms with Crippen LogP contribution < -0.4 is 0 Å². The minimum absolute atomic E-state index is 0.747. The average Bonchev–Trinajstić information content (AvgIpc) is 1.97. The van der Waals surface area contributed by atoms with Crippen LogP contribution in [0.4, 0.5) is 0 Å². The van der Waals surface area contributed by atoms with Gasteiger partial charge in [0.25, 0.3) is 0 Å². The SMILES string of the molecule is CCCC/C=C(\CC)C(C)C. The van der Waals surface area contributed by atoms with Gasteiger partial charge in [-0.15, -0.1) is 0 Å². The molecule has 0 bridgehead atoms. The fourth-order valence-corrected chi connectivity index (χ4v) is 1.28. The zero-order valence-corrected chi connectivity index (χ0v) is 8.48. The molecule has 0 saturated carbocycles. The third-order valence-corrected chi connectivity index (χ3v) is 2.11. The molecule has 0 aliphatic carbocycles. The quantitative estimate of drug-likeness (QED) is 0.412. The van der Waals surface area contributed by atoms with Crippen LogP contribution in [0.1, 0.15) is 53.4 Å². The van der Waals surface area contributed by atoms with Crippen molar-refractivity contribution in [2.75, 3.05) is 0 Å². The highest BCUT2D eigenvalue weighted by atomic mass is 14.0. The van der Waals surface area contributed by atoms with Gasteiger partial charge in [0.1, 0.15) is 0 Å². The third-order valence-electron chi connectivity index (χ3n) is 2.11. The van der Waals surface area contributed by atoms with Gasteiger partial charge in [0.15, 0.2) is 0 Å². The van der Waals surface area contributed by atoms with Gasteiger partial charge in [-0.1, -0.05) is 52.2 Å². The highest BCUT2D eigenvalue weighted by molar-refractivity contribution is 5.03. The summed E-state index contributed by atoms with van der Waals surface area (Å²) in [6.45, 7) is 9.05. The van der Waals surface area contributed by atoms with E-state index in [-0.39, 0.29) is 0 Å². The van der Waals surface area contributed by atoms with E-state index in [1.165, 1.54) is 25.7 Å². The molecule has 0 aliphatic heterocycles. The molecular formula is C11H22. The molecule has 11 heavy (non-hydrogen) atoms. The standard InChI is InChI=1S/C11H22/c1-5-7-8-9-11(6-2)10(3)4/h9-10H,5-8H2,1-4H3/b11-9+. The first-order chi connectivity index (χ1) is 5.22. The molecule has 0 aromatic rings. The van der Waals surface area contributed by atoms with E-state index in [1.807, 2.05) is 0 Å². The molecule has 0 nitrogen and oxygen atoms in total. The second-order valence-electron chi connectivity index (χ2n) is 3.43. The summed E-state index contributed by atoms with van der Waals surface area (Å²) in [6, 6.07) is 0. The van der Waals surface area contributed by atoms with Gasteiger partial charge in [-0.25, -0.2) is 0 Å². The van der Waals surface area contributed by atoms with Crippen LogP contribution in [0.2, 0.25) is 0 Å². The Balaban J connectivity index is 3.71. The summed E-state index contributed by atoms with van der Waals surface area (Å²) >= 11 is 0. The Labute approximate surface area is 71.7 Å². The highest BCUT2D eigenvalue weighted by Gasteiger charge is 1.98. The maximum Gasteiger partial charge on any atom is -0.0260 e. The monoisotopic (exact) mass is 154 g/mol. The summed E-state index contributed by atoms with van der Waals surface area (Å²) in [4.78, 5) is 0. The smallest absolute Gasteiger partial charge is 0.0260 e. The largest absolute Gasteiger partial charge is 0.0851 e. The van der Waals surface area contributed by atoms with Gasteiger partial charge in [0, 0.05) is 0 Å². The van der Waals surface area contributed by atoms with E-state index < -0.39 is 0 Å². The Kier molecular flexibility index (Phi) is 6.30. The van der Waals surface area contributed by atoms with Crippen molar-refractivity contribution in [2.45, 2.75) is 53.4 Å². The van der Waals surface area contributed by atoms with Crippen molar-refractivity contribution in [1.29, 1.82) is 0 Å². The number of hydrogen-bond donors (Lipinski definition) is 0. The average molecular weight is 154 g/mol. The molecule has 0 aromatic heterocycles. The number of rotatable bonds is 5. The van der Waals surface area contributed by atoms with E-state index in [2.05, 4.69) is 33.8 Å². The molecule has 0 heterocycles. The predicted molar refractivity (Wildman–Crippen MR) is 52.7 cm³/mol. The molecule has 0 heteroatoms. The van der Waals surface area contributed by atoms with E-state index in [4.69, 9.17) is 0 Å². The molecule has 0 rings (SSSR count). The zero-order valence-electron chi connectivity index (χ0n) is 8.48. The minimum atomic E-state index is 0.747. The van der Waals surface area contributed by atoms with Crippen LogP contribution in [0.3, 0.4) is 0 Å². The molecule has 0 N–H and O–H groups in total. The molecule has 0 fully saturated rings. The van der Waals surface area contributed by atoms with Crippen LogP contribution in [0, 0.1) is 5.92 Å². The summed E-state index contributed by atoms with van der Waals surface area (Å²) in [5.41, 5.74) is 1.62. The molecule has 0 atom stereocenters. The maximum absolute atomic E-state index is 2.42. The normalized spacial score (nSPS) is 12.6. The van der Waals surface area contributed by atoms with E-state index in [9.17, 15) is 0 Å². The van der Waals surface area contributed by atoms with Gasteiger partial charge in [0.05, 0.1) is 0 Å². The Bertz CT molecular complexity index is 109. The summed E-state index contributed by atoms with van der Waals surface area (Å²) in [5.74, 6) is 0.747. The lowest BCUT2D eigenvalue weighted by Gasteiger charge is -2.07. The molecule has 0 aliphatic rings. The maximum atomic E-state index is 2.42. The predicted octanol–water partition coefficient (Wildman–Crippen LogP) is 4.17. The van der Waals surface area contributed by atoms with Crippen molar-refractivity contribution in [3.8, 4) is 0 Å². The Morgan fingerprint density at radius 2 is 1.91 bits per heavy atom. The van der Waals surface area contributed by atoms with Crippen LogP contribution in [-0.2, 0) is 0 Å². The molecular weight excluding hydrogens is 132 g/mol. The summed E-state index contributed by atoms with van der Waals surface area (Å²) in [5, 5.41) is 0. The lowest BCUT2D eigenvalue weighted by Crippen LogP contribution is -1.91. The first-order valence-electron chi connectivity index (χ1n) is 4.91. The van der Waals surface area contributed by atoms with Crippen molar-refractivity contribution in [3.63, 3.8) is 0 Å². The van der Waals surface area contributed by atoms with Gasteiger partial charge in [-0.2, -0.15) is 0 Å². The van der Waals surface area contributed by atoms with Crippen molar-refractivity contribution in [2.24, 2.45) is 5.92 Å². The van der Waals surface area contributed by atoms with Crippen molar-refractivity contribution in [1.82, 2.24) is 0 Å². The molecule has 0 amide bonds. The highest BCUT2D eigenvalue weighted by Crippen LogP contribution is 2.14. The number of hydrogen-bond acceptors (Lipinski definition) is 0. The number of allylic oxidation sites excluding steroid dienone is 2. The van der Waals surface area contributed by atoms with E-state index in [0.29, 0.717) is 0 Å². The summed E-state index contributed by atoms with van der Waals surface area (Å²) in [7, 11) is 0. The van der Waals surface area contributed by atoms with Crippen molar-refractivity contribution in [3.05, 3.63) is 11.6 Å². The third kappa shape index (κ3) is 5.06. The molecule has 0 saturated heterocycles. The van der Waals surface area contributed by atoms with Gasteiger partial charge in [-0.3, -0.25) is 0 Å². The summed E-state index contributed by atoms with van der Waals surface area (Å²) in [6.07, 6.45) is 7.58. The second-order valence-corrected chi connectivity index (χ2v) is 3.43. The fraction of sp³-hybridized carbons (Fsp3) is 0.818. The molecule has 66 valence electrons. The van der Waals surface area contributed by atoms with E-state index in [0.717, 1.165) is 5.92 Å². The minimum Gasteiger partial charge on any atom is -0.0851 e. The Morgan fingerprint density at radius 3 is 2.27 bits per heavy atom. The van der Waals surface area contributed by atoms with Crippen molar-refractivity contribution < 1.29 is 0 Å². The van der Waals surface area contributed by atoms with Gasteiger partial charge < -0.3 is 0 Å². The van der Waals surface area contributed by atoms with Crippen LogP contribution >= 0.6 is 0 Å². The second kappa shape index (κ2) is 6.45. The Hall–Kier alpha value is -0.260. The lowest BCUT2D eigenvalue weighted by molar-refractivity contribution is 0.713. The first kappa shape index (κ1) is 10.7. The topological polar surface area (TPSA) is 0 Å². The van der Waals surface area contributed by atoms with E-state index >= 15 is 0 Å². The first-order valence-corrected chi connectivity index (χ1v) is 4.91. The van der Waals surface area contributed by atoms with Crippen LogP contribution in [0.5, 0.6) is 0 Å². The number of unbranched alkanes of at least 4 members (excludes halogenated alkanes) is 2. The molecule has 0 spiro atoms. The summed E-state index contributed by atoms with van der Waals surface area (Å²) < 4.78 is 0. The lowest BCUT2D eigenvalue weighted by atomic mass is 9.99. The molecule has 0 radical (unpaired) electrons. The van der Waals surface area contributed by atoms with Crippen LogP contribution in [-0.4, -0.2) is 0 Å². The fourth-order valence-electron chi connectivity index (χ4n) is 1.28. The van der Waals surface area contributed by atoms with Crippen LogP contribution in [0.15, 0.2) is 11.6 Å². The van der Waals surface area contributed by atoms with Gasteiger partial charge in [-0.05, 0) is 18.8 Å². The molecule has 0 unspecified atom stereocenters. The van der Waals surface area contributed by atoms with Crippen molar-refractivity contribution >= 4 is 0 Å². The van der Waals surface area contributed by atoms with Gasteiger partial charge >= 0.3 is 0 Å². The zero-order chi connectivity index (χ0) is 8.69. The molecule has 0 aromatic carbocycles. The van der Waals surface area contributed by atoms with Gasteiger partial charge in [0.2, 0.25) is 0 Å². The van der Waals surface area contributed by atoms with Crippen LogP contribution in [0.25, 0.3) is 0 Å². The Morgan fingerprint density at radius 1 is 1.27 bits per heavy atom.